The lowest BCUT2D eigenvalue weighted by atomic mass is 10.2. The first-order valence-corrected chi connectivity index (χ1v) is 6.61. The Morgan fingerprint density at radius 1 is 1.33 bits per heavy atom. The molecular formula is C14H16BrNO2. The van der Waals surface area contributed by atoms with Crippen molar-refractivity contribution < 1.29 is 9.15 Å². The fraction of sp³-hybridized carbons (Fsp3) is 0.286. The Balaban J connectivity index is 1.99. The van der Waals surface area contributed by atoms with E-state index in [2.05, 4.69) is 15.9 Å². The van der Waals surface area contributed by atoms with Gasteiger partial charge in [0, 0.05) is 11.0 Å². The predicted octanol–water partition coefficient (Wildman–Crippen LogP) is 3.57. The van der Waals surface area contributed by atoms with E-state index in [1.54, 1.807) is 0 Å². The number of hydrogen-bond donors (Lipinski definition) is 1. The maximum absolute atomic E-state index is 5.79. The molecule has 0 amide bonds. The van der Waals surface area contributed by atoms with E-state index < -0.39 is 0 Å². The molecule has 2 aromatic rings. The van der Waals surface area contributed by atoms with Crippen molar-refractivity contribution in [3.8, 4) is 0 Å². The Labute approximate surface area is 115 Å². The Kier molecular flexibility index (Phi) is 4.58. The molecule has 0 saturated heterocycles. The van der Waals surface area contributed by atoms with Crippen LogP contribution in [0.15, 0.2) is 45.3 Å². The van der Waals surface area contributed by atoms with E-state index in [0.717, 1.165) is 21.6 Å². The lowest BCUT2D eigenvalue weighted by Gasteiger charge is -2.13. The summed E-state index contributed by atoms with van der Waals surface area (Å²) in [4.78, 5) is 0. The molecular weight excluding hydrogens is 294 g/mol. The Hall–Kier alpha value is -1.10. The minimum absolute atomic E-state index is 0.197. The van der Waals surface area contributed by atoms with Gasteiger partial charge in [-0.1, -0.05) is 28.1 Å². The molecule has 2 rings (SSSR count). The van der Waals surface area contributed by atoms with Crippen LogP contribution in [-0.2, 0) is 11.3 Å². The summed E-state index contributed by atoms with van der Waals surface area (Å²) in [6.07, 6.45) is -0.197. The standard InChI is InChI=1S/C14H16BrNO2/c1-10-5-6-13(18-10)14(8-16)17-9-11-3-2-4-12(15)7-11/h2-7,14H,8-9,16H2,1H3. The van der Waals surface area contributed by atoms with Crippen LogP contribution in [0.4, 0.5) is 0 Å². The van der Waals surface area contributed by atoms with Gasteiger partial charge in [-0.25, -0.2) is 0 Å². The zero-order valence-electron chi connectivity index (χ0n) is 10.2. The Bertz CT molecular complexity index is 510. The molecule has 96 valence electrons. The molecule has 0 aliphatic carbocycles. The van der Waals surface area contributed by atoms with Crippen LogP contribution in [-0.4, -0.2) is 6.54 Å². The van der Waals surface area contributed by atoms with E-state index >= 15 is 0 Å². The summed E-state index contributed by atoms with van der Waals surface area (Å²) in [7, 11) is 0. The van der Waals surface area contributed by atoms with Gasteiger partial charge in [-0.15, -0.1) is 0 Å². The van der Waals surface area contributed by atoms with Crippen LogP contribution in [0, 0.1) is 6.92 Å². The molecule has 4 heteroatoms. The normalized spacial score (nSPS) is 12.6. The third-order valence-corrected chi connectivity index (χ3v) is 3.13. The monoisotopic (exact) mass is 309 g/mol. The zero-order chi connectivity index (χ0) is 13.0. The van der Waals surface area contributed by atoms with Gasteiger partial charge in [0.25, 0.3) is 0 Å². The minimum atomic E-state index is -0.197. The number of halogens is 1. The van der Waals surface area contributed by atoms with Gasteiger partial charge in [-0.05, 0) is 36.8 Å². The molecule has 0 bridgehead atoms. The molecule has 1 aromatic carbocycles. The highest BCUT2D eigenvalue weighted by atomic mass is 79.9. The summed E-state index contributed by atoms with van der Waals surface area (Å²) in [5.41, 5.74) is 6.82. The highest BCUT2D eigenvalue weighted by Crippen LogP contribution is 2.21. The van der Waals surface area contributed by atoms with Gasteiger partial charge in [0.2, 0.25) is 0 Å². The molecule has 3 nitrogen and oxygen atoms in total. The first kappa shape index (κ1) is 13.3. The van der Waals surface area contributed by atoms with Gasteiger partial charge in [-0.3, -0.25) is 0 Å². The Morgan fingerprint density at radius 2 is 2.17 bits per heavy atom. The minimum Gasteiger partial charge on any atom is -0.464 e. The second-order valence-electron chi connectivity index (χ2n) is 4.11. The fourth-order valence-electron chi connectivity index (χ4n) is 1.72. The number of ether oxygens (including phenoxy) is 1. The maximum Gasteiger partial charge on any atom is 0.134 e. The Morgan fingerprint density at radius 3 is 2.78 bits per heavy atom. The van der Waals surface area contributed by atoms with Crippen LogP contribution in [0.2, 0.25) is 0 Å². The van der Waals surface area contributed by atoms with Gasteiger partial charge < -0.3 is 14.9 Å². The second-order valence-corrected chi connectivity index (χ2v) is 5.03. The third-order valence-electron chi connectivity index (χ3n) is 2.63. The zero-order valence-corrected chi connectivity index (χ0v) is 11.8. The van der Waals surface area contributed by atoms with Crippen molar-refractivity contribution in [3.63, 3.8) is 0 Å². The quantitative estimate of drug-likeness (QED) is 0.918. The van der Waals surface area contributed by atoms with Crippen molar-refractivity contribution >= 4 is 15.9 Å². The SMILES string of the molecule is Cc1ccc(C(CN)OCc2cccc(Br)c2)o1. The number of nitrogens with two attached hydrogens (primary N) is 1. The summed E-state index contributed by atoms with van der Waals surface area (Å²) in [5, 5.41) is 0. The maximum atomic E-state index is 5.79. The molecule has 0 radical (unpaired) electrons. The van der Waals surface area contributed by atoms with Crippen molar-refractivity contribution in [3.05, 3.63) is 58.0 Å². The number of rotatable bonds is 5. The molecule has 1 heterocycles. The van der Waals surface area contributed by atoms with E-state index in [1.165, 1.54) is 0 Å². The van der Waals surface area contributed by atoms with Crippen molar-refractivity contribution in [1.29, 1.82) is 0 Å². The summed E-state index contributed by atoms with van der Waals surface area (Å²) in [5.74, 6) is 1.65. The smallest absolute Gasteiger partial charge is 0.134 e. The van der Waals surface area contributed by atoms with Gasteiger partial charge >= 0.3 is 0 Å². The van der Waals surface area contributed by atoms with Gasteiger partial charge in [0.1, 0.15) is 17.6 Å². The van der Waals surface area contributed by atoms with Crippen LogP contribution >= 0.6 is 15.9 Å². The topological polar surface area (TPSA) is 48.4 Å². The molecule has 2 N–H and O–H groups in total. The molecule has 0 saturated carbocycles. The number of hydrogen-bond acceptors (Lipinski definition) is 3. The lowest BCUT2D eigenvalue weighted by molar-refractivity contribution is 0.0309. The molecule has 0 aliphatic rings. The molecule has 1 unspecified atom stereocenters. The van der Waals surface area contributed by atoms with Crippen LogP contribution in [0.5, 0.6) is 0 Å². The summed E-state index contributed by atoms with van der Waals surface area (Å²) >= 11 is 3.44. The van der Waals surface area contributed by atoms with Gasteiger partial charge in [0.05, 0.1) is 6.61 Å². The van der Waals surface area contributed by atoms with E-state index in [4.69, 9.17) is 14.9 Å². The highest BCUT2D eigenvalue weighted by molar-refractivity contribution is 9.10. The molecule has 1 atom stereocenters. The first-order chi connectivity index (χ1) is 8.69. The number of benzene rings is 1. The highest BCUT2D eigenvalue weighted by Gasteiger charge is 2.14. The van der Waals surface area contributed by atoms with Gasteiger partial charge in [0.15, 0.2) is 0 Å². The first-order valence-electron chi connectivity index (χ1n) is 5.81. The van der Waals surface area contributed by atoms with Crippen molar-refractivity contribution in [2.24, 2.45) is 5.73 Å². The third kappa shape index (κ3) is 3.45. The molecule has 0 aliphatic heterocycles. The van der Waals surface area contributed by atoms with Crippen LogP contribution in [0.25, 0.3) is 0 Å². The van der Waals surface area contributed by atoms with E-state index in [0.29, 0.717) is 13.2 Å². The van der Waals surface area contributed by atoms with Crippen molar-refractivity contribution in [1.82, 2.24) is 0 Å². The van der Waals surface area contributed by atoms with Gasteiger partial charge in [-0.2, -0.15) is 0 Å². The average Bonchev–Trinajstić information content (AvgIpc) is 2.77. The number of aryl methyl sites for hydroxylation is 1. The predicted molar refractivity (Wildman–Crippen MR) is 74.2 cm³/mol. The largest absolute Gasteiger partial charge is 0.464 e. The molecule has 0 spiro atoms. The van der Waals surface area contributed by atoms with Crippen LogP contribution < -0.4 is 5.73 Å². The second kappa shape index (κ2) is 6.18. The van der Waals surface area contributed by atoms with E-state index in [1.807, 2.05) is 43.3 Å². The molecule has 0 fully saturated rings. The fourth-order valence-corrected chi connectivity index (χ4v) is 2.16. The van der Waals surface area contributed by atoms with Crippen LogP contribution in [0.3, 0.4) is 0 Å². The molecule has 1 aromatic heterocycles. The molecule has 18 heavy (non-hydrogen) atoms. The average molecular weight is 310 g/mol. The van der Waals surface area contributed by atoms with Crippen molar-refractivity contribution in [2.45, 2.75) is 19.6 Å². The van der Waals surface area contributed by atoms with Crippen LogP contribution in [0.1, 0.15) is 23.2 Å². The summed E-state index contributed by atoms with van der Waals surface area (Å²) in [6, 6.07) is 11.8. The number of furan rings is 1. The van der Waals surface area contributed by atoms with E-state index in [-0.39, 0.29) is 6.10 Å². The van der Waals surface area contributed by atoms with E-state index in [9.17, 15) is 0 Å². The van der Waals surface area contributed by atoms with Crippen molar-refractivity contribution in [2.75, 3.05) is 6.54 Å². The summed E-state index contributed by atoms with van der Waals surface area (Å²) < 4.78 is 12.4. The summed E-state index contributed by atoms with van der Waals surface area (Å²) in [6.45, 7) is 2.83. The lowest BCUT2D eigenvalue weighted by Crippen LogP contribution is -2.15.